The Morgan fingerprint density at radius 3 is 2.18 bits per heavy atom. The van der Waals surface area contributed by atoms with Crippen molar-refractivity contribution < 1.29 is 4.52 Å². The summed E-state index contributed by atoms with van der Waals surface area (Å²) in [6, 6.07) is 21.7. The lowest BCUT2D eigenvalue weighted by Gasteiger charge is -1.98. The molecule has 5 aromatic rings. The summed E-state index contributed by atoms with van der Waals surface area (Å²) < 4.78 is 7.43. The minimum absolute atomic E-state index is 0.495. The first-order chi connectivity index (χ1) is 13.7. The van der Waals surface area contributed by atoms with Gasteiger partial charge in [0, 0.05) is 25.6 Å². The minimum Gasteiger partial charge on any atom is -0.338 e. The predicted molar refractivity (Wildman–Crippen MR) is 116 cm³/mol. The maximum Gasteiger partial charge on any atom is 0.258 e. The molecule has 0 atom stereocenters. The second kappa shape index (κ2) is 7.00. The average Bonchev–Trinajstić information content (AvgIpc) is 3.36. The molecule has 28 heavy (non-hydrogen) atoms. The molecule has 7 heteroatoms. The van der Waals surface area contributed by atoms with Crippen molar-refractivity contribution >= 4 is 42.9 Å². The van der Waals surface area contributed by atoms with E-state index in [0.29, 0.717) is 11.7 Å². The smallest absolute Gasteiger partial charge is 0.258 e. The Labute approximate surface area is 177 Å². The second-order valence-corrected chi connectivity index (χ2v) is 8.09. The van der Waals surface area contributed by atoms with Crippen LogP contribution in [0.25, 0.3) is 45.3 Å². The number of rotatable bonds is 3. The zero-order valence-electron chi connectivity index (χ0n) is 14.4. The zero-order chi connectivity index (χ0) is 19.1. The Balaban J connectivity index is 1.44. The Kier molecular flexibility index (Phi) is 4.33. The molecular weight excluding hydrogens is 484 g/mol. The summed E-state index contributed by atoms with van der Waals surface area (Å²) in [4.78, 5) is 12.5. The molecule has 0 unspecified atom stereocenters. The van der Waals surface area contributed by atoms with Crippen LogP contribution in [0.4, 0.5) is 0 Å². The van der Waals surface area contributed by atoms with E-state index in [1.807, 2.05) is 66.7 Å². The van der Waals surface area contributed by atoms with Crippen LogP contribution in [0.3, 0.4) is 0 Å². The molecule has 1 N–H and O–H groups in total. The van der Waals surface area contributed by atoms with Gasteiger partial charge in [-0.3, -0.25) is 0 Å². The van der Waals surface area contributed by atoms with Crippen LogP contribution in [-0.2, 0) is 0 Å². The van der Waals surface area contributed by atoms with E-state index in [1.165, 1.54) is 0 Å². The fraction of sp³-hybridized carbons (Fsp3) is 0. The van der Waals surface area contributed by atoms with Crippen molar-refractivity contribution in [1.29, 1.82) is 0 Å². The molecule has 0 fully saturated rings. The third-order valence-electron chi connectivity index (χ3n) is 4.38. The summed E-state index contributed by atoms with van der Waals surface area (Å²) in [6.45, 7) is 0. The quantitative estimate of drug-likeness (QED) is 0.311. The van der Waals surface area contributed by atoms with Gasteiger partial charge in [-0.25, -0.2) is 4.98 Å². The highest BCUT2D eigenvalue weighted by Gasteiger charge is 2.12. The largest absolute Gasteiger partial charge is 0.338 e. The van der Waals surface area contributed by atoms with Crippen LogP contribution in [0.2, 0.25) is 0 Å². The van der Waals surface area contributed by atoms with Crippen LogP contribution in [0.15, 0.2) is 80.2 Å². The van der Waals surface area contributed by atoms with Crippen molar-refractivity contribution in [1.82, 2.24) is 20.1 Å². The minimum atomic E-state index is 0.495. The predicted octanol–water partition coefficient (Wildman–Crippen LogP) is 6.47. The number of fused-ring (bicyclic) bond motifs is 1. The van der Waals surface area contributed by atoms with E-state index in [-0.39, 0.29) is 0 Å². The van der Waals surface area contributed by atoms with E-state index >= 15 is 0 Å². The highest BCUT2D eigenvalue weighted by atomic mass is 79.9. The van der Waals surface area contributed by atoms with Crippen LogP contribution in [0, 0.1) is 0 Å². The first-order valence-electron chi connectivity index (χ1n) is 8.51. The number of imidazole rings is 1. The van der Waals surface area contributed by atoms with Crippen molar-refractivity contribution in [3.8, 4) is 34.2 Å². The number of aromatic amines is 1. The molecule has 5 nitrogen and oxygen atoms in total. The van der Waals surface area contributed by atoms with Gasteiger partial charge >= 0.3 is 0 Å². The Morgan fingerprint density at radius 1 is 0.714 bits per heavy atom. The van der Waals surface area contributed by atoms with Gasteiger partial charge in [0.25, 0.3) is 5.89 Å². The van der Waals surface area contributed by atoms with Gasteiger partial charge in [-0.05, 0) is 42.5 Å². The van der Waals surface area contributed by atoms with Crippen molar-refractivity contribution in [3.63, 3.8) is 0 Å². The van der Waals surface area contributed by atoms with Crippen LogP contribution in [0.5, 0.6) is 0 Å². The molecule has 2 heterocycles. The topological polar surface area (TPSA) is 67.6 Å². The Bertz CT molecular complexity index is 1270. The van der Waals surface area contributed by atoms with Crippen molar-refractivity contribution in [2.24, 2.45) is 0 Å². The van der Waals surface area contributed by atoms with Crippen molar-refractivity contribution in [2.75, 3.05) is 0 Å². The second-order valence-electron chi connectivity index (χ2n) is 6.25. The number of H-pyrrole nitrogens is 1. The molecular formula is C21H12Br2N4O. The van der Waals surface area contributed by atoms with Crippen molar-refractivity contribution in [3.05, 3.63) is 75.7 Å². The Hall–Kier alpha value is -2.77. The van der Waals surface area contributed by atoms with E-state index in [0.717, 1.165) is 42.5 Å². The standard InChI is InChI=1S/C21H12Br2N4O/c22-15-7-5-14(6-8-15)21-26-20(27-28-21)13-3-1-12(2-4-13)19-24-17-10-9-16(23)11-18(17)25-19/h1-11H,(H,24,25). The first-order valence-corrected chi connectivity index (χ1v) is 10.1. The number of aromatic nitrogens is 4. The van der Waals surface area contributed by atoms with Gasteiger partial charge in [0.15, 0.2) is 0 Å². The number of halogens is 2. The number of nitrogens with zero attached hydrogens (tertiary/aromatic N) is 3. The summed E-state index contributed by atoms with van der Waals surface area (Å²) in [5.41, 5.74) is 4.68. The SMILES string of the molecule is Brc1ccc(-c2nc(-c3ccc(-c4nc5ccc(Br)cc5[nH]4)cc3)no2)cc1. The first kappa shape index (κ1) is 17.3. The van der Waals surface area contributed by atoms with Gasteiger partial charge in [0.2, 0.25) is 5.82 Å². The number of nitrogens with one attached hydrogen (secondary N) is 1. The fourth-order valence-electron chi connectivity index (χ4n) is 2.95. The van der Waals surface area contributed by atoms with E-state index < -0.39 is 0 Å². The molecule has 0 aliphatic rings. The molecule has 136 valence electrons. The number of benzene rings is 3. The lowest BCUT2D eigenvalue weighted by Crippen LogP contribution is -1.84. The van der Waals surface area contributed by atoms with Gasteiger partial charge in [0.05, 0.1) is 11.0 Å². The summed E-state index contributed by atoms with van der Waals surface area (Å²) in [7, 11) is 0. The molecule has 0 aliphatic heterocycles. The Morgan fingerprint density at radius 2 is 1.39 bits per heavy atom. The van der Waals surface area contributed by atoms with E-state index in [4.69, 9.17) is 4.52 Å². The molecule has 0 bridgehead atoms. The van der Waals surface area contributed by atoms with Gasteiger partial charge in [-0.15, -0.1) is 0 Å². The summed E-state index contributed by atoms with van der Waals surface area (Å²) in [6.07, 6.45) is 0. The molecule has 0 radical (unpaired) electrons. The summed E-state index contributed by atoms with van der Waals surface area (Å²) in [5.74, 6) is 1.87. The molecule has 0 spiro atoms. The molecule has 2 aromatic heterocycles. The lowest BCUT2D eigenvalue weighted by molar-refractivity contribution is 0.432. The third-order valence-corrected chi connectivity index (χ3v) is 5.40. The maximum atomic E-state index is 5.41. The highest BCUT2D eigenvalue weighted by Crippen LogP contribution is 2.27. The lowest BCUT2D eigenvalue weighted by atomic mass is 10.1. The van der Waals surface area contributed by atoms with E-state index in [2.05, 4.69) is 52.0 Å². The zero-order valence-corrected chi connectivity index (χ0v) is 17.5. The summed E-state index contributed by atoms with van der Waals surface area (Å²) in [5, 5.41) is 4.11. The van der Waals surface area contributed by atoms with Crippen LogP contribution in [-0.4, -0.2) is 20.1 Å². The number of hydrogen-bond donors (Lipinski definition) is 1. The van der Waals surface area contributed by atoms with Gasteiger partial charge in [-0.1, -0.05) is 61.3 Å². The molecule has 0 saturated carbocycles. The van der Waals surface area contributed by atoms with Crippen LogP contribution in [0.1, 0.15) is 0 Å². The van der Waals surface area contributed by atoms with E-state index in [1.54, 1.807) is 0 Å². The van der Waals surface area contributed by atoms with Crippen LogP contribution < -0.4 is 0 Å². The average molecular weight is 496 g/mol. The molecule has 0 amide bonds. The van der Waals surface area contributed by atoms with Gasteiger partial charge in [-0.2, -0.15) is 4.98 Å². The van der Waals surface area contributed by atoms with Gasteiger partial charge in [0.1, 0.15) is 5.82 Å². The third kappa shape index (κ3) is 3.27. The number of hydrogen-bond acceptors (Lipinski definition) is 4. The maximum absolute atomic E-state index is 5.41. The van der Waals surface area contributed by atoms with Crippen molar-refractivity contribution in [2.45, 2.75) is 0 Å². The monoisotopic (exact) mass is 494 g/mol. The summed E-state index contributed by atoms with van der Waals surface area (Å²) >= 11 is 6.91. The molecule has 5 rings (SSSR count). The highest BCUT2D eigenvalue weighted by molar-refractivity contribution is 9.10. The fourth-order valence-corrected chi connectivity index (χ4v) is 3.57. The molecule has 0 aliphatic carbocycles. The molecule has 0 saturated heterocycles. The normalized spacial score (nSPS) is 11.2. The van der Waals surface area contributed by atoms with Gasteiger partial charge < -0.3 is 9.51 Å². The molecule has 3 aromatic carbocycles. The van der Waals surface area contributed by atoms with Crippen LogP contribution >= 0.6 is 31.9 Å². The van der Waals surface area contributed by atoms with E-state index in [9.17, 15) is 0 Å².